The number of rotatable bonds is 2. The molecule has 0 saturated heterocycles. The van der Waals surface area contributed by atoms with E-state index >= 15 is 0 Å². The molecule has 0 aliphatic carbocycles. The molecule has 1 aromatic heterocycles. The molecule has 0 amide bonds. The molecule has 0 N–H and O–H groups in total. The molecule has 0 unspecified atom stereocenters. The van der Waals surface area contributed by atoms with E-state index < -0.39 is 31.6 Å². The molecule has 0 bridgehead atoms. The van der Waals surface area contributed by atoms with Crippen LogP contribution in [-0.2, 0) is 9.05 Å². The number of aryl methyl sites for hydroxylation is 1. The third-order valence-corrected chi connectivity index (χ3v) is 2.93. The molecule has 0 fully saturated rings. The van der Waals surface area contributed by atoms with Crippen molar-refractivity contribution in [3.8, 4) is 6.07 Å². The molecule has 0 spiro atoms. The van der Waals surface area contributed by atoms with Gasteiger partial charge in [0.05, 0.1) is 17.2 Å². The van der Waals surface area contributed by atoms with Crippen LogP contribution in [0.2, 0.25) is 0 Å². The molecular weight excluding hydrogens is 262 g/mol. The van der Waals surface area contributed by atoms with E-state index in [1.54, 1.807) is 0 Å². The number of hydrogen-bond donors (Lipinski definition) is 0. The van der Waals surface area contributed by atoms with Gasteiger partial charge in [-0.25, -0.2) is 22.2 Å². The second-order valence-corrected chi connectivity index (χ2v) is 5.36. The smallest absolute Gasteiger partial charge is 0.240 e. The fourth-order valence-electron chi connectivity index (χ4n) is 1.14. The van der Waals surface area contributed by atoms with Gasteiger partial charge in [-0.3, -0.25) is 0 Å². The van der Waals surface area contributed by atoms with Gasteiger partial charge in [-0.15, -0.1) is 0 Å². The van der Waals surface area contributed by atoms with E-state index in [0.717, 1.165) is 6.07 Å². The molecule has 0 atom stereocenters. The minimum absolute atomic E-state index is 0.125. The number of nitriles is 1. The average Bonchev–Trinajstić information content (AvgIpc) is 2.14. The topological polar surface area (TPSA) is 70.8 Å². The lowest BCUT2D eigenvalue weighted by molar-refractivity contribution is 0.146. The Balaban J connectivity index is 3.73. The van der Waals surface area contributed by atoms with Crippen LogP contribution in [0.5, 0.6) is 0 Å². The van der Waals surface area contributed by atoms with Gasteiger partial charge in [0.2, 0.25) is 0 Å². The van der Waals surface area contributed by atoms with Crippen molar-refractivity contribution < 1.29 is 17.2 Å². The van der Waals surface area contributed by atoms with E-state index in [9.17, 15) is 17.2 Å². The molecule has 16 heavy (non-hydrogen) atoms. The van der Waals surface area contributed by atoms with Crippen LogP contribution >= 0.6 is 10.7 Å². The summed E-state index contributed by atoms with van der Waals surface area (Å²) in [6, 6.07) is 2.56. The van der Waals surface area contributed by atoms with E-state index in [4.69, 9.17) is 15.9 Å². The van der Waals surface area contributed by atoms with Crippen LogP contribution in [-0.4, -0.2) is 13.4 Å². The molecule has 0 saturated carbocycles. The zero-order valence-corrected chi connectivity index (χ0v) is 9.48. The maximum atomic E-state index is 12.6. The molecule has 0 radical (unpaired) electrons. The van der Waals surface area contributed by atoms with Crippen LogP contribution in [0.15, 0.2) is 11.1 Å². The van der Waals surface area contributed by atoms with Crippen molar-refractivity contribution in [1.82, 2.24) is 4.98 Å². The molecular formula is C8H5ClF2N2O2S. The van der Waals surface area contributed by atoms with Crippen molar-refractivity contribution in [3.05, 3.63) is 22.9 Å². The van der Waals surface area contributed by atoms with Crippen molar-refractivity contribution in [2.75, 3.05) is 0 Å². The Morgan fingerprint density at radius 1 is 1.56 bits per heavy atom. The van der Waals surface area contributed by atoms with Crippen LogP contribution < -0.4 is 0 Å². The van der Waals surface area contributed by atoms with Gasteiger partial charge >= 0.3 is 0 Å². The van der Waals surface area contributed by atoms with E-state index in [-0.39, 0.29) is 5.69 Å². The van der Waals surface area contributed by atoms with Gasteiger partial charge in [-0.05, 0) is 13.0 Å². The van der Waals surface area contributed by atoms with E-state index in [1.165, 1.54) is 13.0 Å². The highest BCUT2D eigenvalue weighted by Gasteiger charge is 2.27. The number of nitrogens with zero attached hydrogens (tertiary/aromatic N) is 2. The molecule has 1 heterocycles. The summed E-state index contributed by atoms with van der Waals surface area (Å²) in [5, 5.41) is 7.68. The average molecular weight is 267 g/mol. The van der Waals surface area contributed by atoms with E-state index in [2.05, 4.69) is 4.98 Å². The first-order valence-electron chi connectivity index (χ1n) is 3.92. The van der Waals surface area contributed by atoms with Gasteiger partial charge in [0.1, 0.15) is 0 Å². The third-order valence-electron chi connectivity index (χ3n) is 1.72. The number of alkyl halides is 2. The standard InChI is InChI=1S/C8H5ClF2N2O2S/c1-4-2-5(3-12)6(7(10)11)8(13-4)16(9,14)15/h2,7H,1H3. The summed E-state index contributed by atoms with van der Waals surface area (Å²) in [4.78, 5) is 3.42. The van der Waals surface area contributed by atoms with Gasteiger partial charge in [-0.2, -0.15) is 5.26 Å². The summed E-state index contributed by atoms with van der Waals surface area (Å²) in [6.45, 7) is 1.38. The zero-order chi connectivity index (χ0) is 12.5. The molecule has 86 valence electrons. The van der Waals surface area contributed by atoms with Crippen molar-refractivity contribution in [1.29, 1.82) is 5.26 Å². The van der Waals surface area contributed by atoms with Crippen LogP contribution in [0.1, 0.15) is 23.2 Å². The Bertz CT molecular complexity index is 566. The Kier molecular flexibility index (Phi) is 3.45. The van der Waals surface area contributed by atoms with E-state index in [0.29, 0.717) is 0 Å². The molecule has 1 rings (SSSR count). The number of aromatic nitrogens is 1. The lowest BCUT2D eigenvalue weighted by Crippen LogP contribution is -2.06. The lowest BCUT2D eigenvalue weighted by Gasteiger charge is -2.08. The number of hydrogen-bond acceptors (Lipinski definition) is 4. The molecule has 0 aliphatic rings. The third kappa shape index (κ3) is 2.46. The Hall–Kier alpha value is -1.26. The maximum absolute atomic E-state index is 12.6. The van der Waals surface area contributed by atoms with Crippen molar-refractivity contribution in [2.45, 2.75) is 18.4 Å². The maximum Gasteiger partial charge on any atom is 0.279 e. The van der Waals surface area contributed by atoms with Gasteiger partial charge in [0, 0.05) is 16.4 Å². The second kappa shape index (κ2) is 4.31. The van der Waals surface area contributed by atoms with Crippen LogP contribution in [0.3, 0.4) is 0 Å². The van der Waals surface area contributed by atoms with Crippen molar-refractivity contribution >= 4 is 19.7 Å². The van der Waals surface area contributed by atoms with Crippen LogP contribution in [0.4, 0.5) is 8.78 Å². The predicted molar refractivity (Wildman–Crippen MR) is 51.7 cm³/mol. The van der Waals surface area contributed by atoms with Crippen molar-refractivity contribution in [2.24, 2.45) is 0 Å². The van der Waals surface area contributed by atoms with Gasteiger partial charge < -0.3 is 0 Å². The Morgan fingerprint density at radius 2 is 2.12 bits per heavy atom. The minimum Gasteiger partial charge on any atom is -0.240 e. The highest BCUT2D eigenvalue weighted by molar-refractivity contribution is 8.13. The van der Waals surface area contributed by atoms with Gasteiger partial charge in [-0.1, -0.05) is 0 Å². The van der Waals surface area contributed by atoms with Crippen LogP contribution in [0.25, 0.3) is 0 Å². The first-order chi connectivity index (χ1) is 7.27. The largest absolute Gasteiger partial charge is 0.279 e. The first kappa shape index (κ1) is 12.8. The normalized spacial score (nSPS) is 11.5. The summed E-state index contributed by atoms with van der Waals surface area (Å²) >= 11 is 0. The molecule has 4 nitrogen and oxygen atoms in total. The summed E-state index contributed by atoms with van der Waals surface area (Å²) < 4.78 is 47.3. The Morgan fingerprint density at radius 3 is 2.50 bits per heavy atom. The summed E-state index contributed by atoms with van der Waals surface area (Å²) in [6.07, 6.45) is -3.13. The van der Waals surface area contributed by atoms with Crippen molar-refractivity contribution in [3.63, 3.8) is 0 Å². The first-order valence-corrected chi connectivity index (χ1v) is 6.22. The summed E-state index contributed by atoms with van der Waals surface area (Å²) in [5.74, 6) is 0. The molecule has 0 aromatic carbocycles. The fourth-order valence-corrected chi connectivity index (χ4v) is 2.21. The predicted octanol–water partition coefficient (Wildman–Crippen LogP) is 2.13. The highest BCUT2D eigenvalue weighted by atomic mass is 35.7. The monoisotopic (exact) mass is 266 g/mol. The molecule has 8 heteroatoms. The van der Waals surface area contributed by atoms with E-state index in [1.807, 2.05) is 0 Å². The van der Waals surface area contributed by atoms with Gasteiger partial charge in [0.25, 0.3) is 15.5 Å². The highest BCUT2D eigenvalue weighted by Crippen LogP contribution is 2.30. The summed E-state index contributed by atoms with van der Waals surface area (Å²) in [7, 11) is 0.572. The quantitative estimate of drug-likeness (QED) is 0.769. The number of pyridine rings is 1. The number of halogens is 3. The zero-order valence-electron chi connectivity index (χ0n) is 7.91. The van der Waals surface area contributed by atoms with Gasteiger partial charge in [0.15, 0.2) is 5.03 Å². The summed E-state index contributed by atoms with van der Waals surface area (Å²) in [5.41, 5.74) is -1.27. The fraction of sp³-hybridized carbons (Fsp3) is 0.250. The Labute approximate surface area is 94.9 Å². The molecule has 0 aliphatic heterocycles. The van der Waals surface area contributed by atoms with Crippen LogP contribution in [0, 0.1) is 18.3 Å². The molecule has 1 aromatic rings. The minimum atomic E-state index is -4.40. The SMILES string of the molecule is Cc1cc(C#N)c(C(F)F)c(S(=O)(=O)Cl)n1. The second-order valence-electron chi connectivity index (χ2n) is 2.88. The lowest BCUT2D eigenvalue weighted by atomic mass is 10.1.